The molecule has 24 heavy (non-hydrogen) atoms. The molecule has 1 N–H and O–H groups in total. The summed E-state index contributed by atoms with van der Waals surface area (Å²) >= 11 is 0. The molecule has 0 aliphatic carbocycles. The van der Waals surface area contributed by atoms with Crippen molar-refractivity contribution < 1.29 is 9.90 Å². The van der Waals surface area contributed by atoms with Crippen molar-refractivity contribution in [2.75, 3.05) is 0 Å². The molecule has 0 saturated heterocycles. The number of hydrogen-bond donors (Lipinski definition) is 1. The fourth-order valence-electron chi connectivity index (χ4n) is 3.33. The highest BCUT2D eigenvalue weighted by molar-refractivity contribution is 5.66. The van der Waals surface area contributed by atoms with Gasteiger partial charge in [0.25, 0.3) is 0 Å². The maximum Gasteiger partial charge on any atom is 0.303 e. The molecule has 0 amide bonds. The molecule has 0 heterocycles. The van der Waals surface area contributed by atoms with Crippen LogP contribution in [0.3, 0.4) is 0 Å². The number of rotatable bonds is 14. The van der Waals surface area contributed by atoms with Crippen LogP contribution in [0.2, 0.25) is 0 Å². The van der Waals surface area contributed by atoms with Crippen LogP contribution in [-0.2, 0) is 4.79 Å². The van der Waals surface area contributed by atoms with Crippen LogP contribution >= 0.6 is 0 Å². The van der Waals surface area contributed by atoms with E-state index in [-0.39, 0.29) is 0 Å². The number of carboxylic acid groups (broad SMARTS) is 1. The largest absolute Gasteiger partial charge is 0.481 e. The molecular weight excluding hydrogens is 296 g/mol. The fourth-order valence-corrected chi connectivity index (χ4v) is 3.33. The monoisotopic (exact) mass is 336 g/mol. The molecule has 0 aromatic carbocycles. The Morgan fingerprint density at radius 3 is 1.83 bits per heavy atom. The summed E-state index contributed by atoms with van der Waals surface area (Å²) in [5, 5.41) is 8.63. The first kappa shape index (κ1) is 22.9. The molecule has 0 aromatic heterocycles. The molecule has 0 fully saturated rings. The van der Waals surface area contributed by atoms with Crippen molar-refractivity contribution in [1.29, 1.82) is 0 Å². The lowest BCUT2D eigenvalue weighted by Gasteiger charge is -2.11. The molecule has 2 nitrogen and oxygen atoms in total. The van der Waals surface area contributed by atoms with E-state index in [2.05, 4.69) is 46.8 Å². The zero-order chi connectivity index (χ0) is 18.4. The van der Waals surface area contributed by atoms with Crippen LogP contribution in [0.1, 0.15) is 98.8 Å². The number of carbonyl (C=O) groups is 1. The van der Waals surface area contributed by atoms with Crippen LogP contribution in [0, 0.1) is 11.8 Å². The maximum absolute atomic E-state index is 10.5. The molecule has 0 aromatic rings. The van der Waals surface area contributed by atoms with Crippen LogP contribution in [0.4, 0.5) is 0 Å². The van der Waals surface area contributed by atoms with Crippen LogP contribution in [0.15, 0.2) is 23.3 Å². The minimum absolute atomic E-state index is 0.309. The minimum atomic E-state index is -0.676. The van der Waals surface area contributed by atoms with Crippen molar-refractivity contribution in [2.24, 2.45) is 11.8 Å². The van der Waals surface area contributed by atoms with Gasteiger partial charge in [-0.1, -0.05) is 76.2 Å². The quantitative estimate of drug-likeness (QED) is 0.270. The molecule has 0 radical (unpaired) electrons. The lowest BCUT2D eigenvalue weighted by molar-refractivity contribution is -0.137. The Balaban J connectivity index is 4.06. The first-order valence-corrected chi connectivity index (χ1v) is 9.91. The first-order valence-electron chi connectivity index (χ1n) is 9.91. The third kappa shape index (κ3) is 14.5. The summed E-state index contributed by atoms with van der Waals surface area (Å²) < 4.78 is 0. The van der Waals surface area contributed by atoms with E-state index >= 15 is 0 Å². The highest BCUT2D eigenvalue weighted by Gasteiger charge is 2.03. The third-order valence-corrected chi connectivity index (χ3v) is 4.51. The number of unbranched alkanes of at least 4 members (excludes halogenated alkanes) is 4. The molecule has 0 rings (SSSR count). The van der Waals surface area contributed by atoms with Gasteiger partial charge in [-0.05, 0) is 51.4 Å². The summed E-state index contributed by atoms with van der Waals surface area (Å²) in [4.78, 5) is 10.5. The topological polar surface area (TPSA) is 37.3 Å². The molecule has 0 aliphatic rings. The van der Waals surface area contributed by atoms with E-state index in [1.165, 1.54) is 36.8 Å². The summed E-state index contributed by atoms with van der Waals surface area (Å²) in [7, 11) is 0. The number of carboxylic acids is 1. The van der Waals surface area contributed by atoms with Crippen LogP contribution in [0.25, 0.3) is 0 Å². The van der Waals surface area contributed by atoms with E-state index in [1.54, 1.807) is 0 Å². The lowest BCUT2D eigenvalue weighted by atomic mass is 9.95. The molecule has 0 spiro atoms. The van der Waals surface area contributed by atoms with Gasteiger partial charge in [0.1, 0.15) is 0 Å². The molecule has 0 bridgehead atoms. The number of allylic oxidation sites excluding steroid dienone is 4. The zero-order valence-electron chi connectivity index (χ0n) is 16.7. The van der Waals surface area contributed by atoms with Crippen LogP contribution in [0.5, 0.6) is 0 Å². The van der Waals surface area contributed by atoms with E-state index in [0.29, 0.717) is 18.3 Å². The van der Waals surface area contributed by atoms with Crippen molar-refractivity contribution in [3.8, 4) is 0 Å². The Labute approximate surface area is 150 Å². The second-order valence-corrected chi connectivity index (χ2v) is 7.65. The van der Waals surface area contributed by atoms with Gasteiger partial charge in [-0.3, -0.25) is 4.79 Å². The molecule has 0 aliphatic heterocycles. The van der Waals surface area contributed by atoms with E-state index < -0.39 is 5.97 Å². The SMILES string of the molecule is CCCCC[C@H](C)/C=C(/C)C/C(C)=C/[C@@H](C)CCCCCC(=O)O. The Morgan fingerprint density at radius 1 is 0.875 bits per heavy atom. The normalized spacial score (nSPS) is 15.4. The molecule has 2 heteroatoms. The summed E-state index contributed by atoms with van der Waals surface area (Å²) in [5.74, 6) is 0.602. The predicted molar refractivity (Wildman–Crippen MR) is 105 cm³/mol. The van der Waals surface area contributed by atoms with Gasteiger partial charge >= 0.3 is 5.97 Å². The first-order chi connectivity index (χ1) is 11.3. The smallest absolute Gasteiger partial charge is 0.303 e. The van der Waals surface area contributed by atoms with Crippen molar-refractivity contribution in [3.05, 3.63) is 23.3 Å². The maximum atomic E-state index is 10.5. The number of hydrogen-bond acceptors (Lipinski definition) is 1. The van der Waals surface area contributed by atoms with Gasteiger partial charge in [-0.2, -0.15) is 0 Å². The molecule has 0 unspecified atom stereocenters. The second-order valence-electron chi connectivity index (χ2n) is 7.65. The van der Waals surface area contributed by atoms with Gasteiger partial charge in [-0.15, -0.1) is 0 Å². The molecule has 2 atom stereocenters. The lowest BCUT2D eigenvalue weighted by Crippen LogP contribution is -1.96. The third-order valence-electron chi connectivity index (χ3n) is 4.51. The Hall–Kier alpha value is -1.05. The van der Waals surface area contributed by atoms with Gasteiger partial charge < -0.3 is 5.11 Å². The Bertz CT molecular complexity index is 393. The summed E-state index contributed by atoms with van der Waals surface area (Å²) in [6.45, 7) is 11.3. The molecule has 0 saturated carbocycles. The molecular formula is C22H40O2. The summed E-state index contributed by atoms with van der Waals surface area (Å²) in [6.07, 6.45) is 15.7. The van der Waals surface area contributed by atoms with Gasteiger partial charge in [0.2, 0.25) is 0 Å². The Kier molecular flexibility index (Phi) is 13.7. The van der Waals surface area contributed by atoms with Crippen LogP contribution < -0.4 is 0 Å². The van der Waals surface area contributed by atoms with Gasteiger partial charge in [0.15, 0.2) is 0 Å². The average molecular weight is 337 g/mol. The molecule has 140 valence electrons. The van der Waals surface area contributed by atoms with Crippen LogP contribution in [-0.4, -0.2) is 11.1 Å². The van der Waals surface area contributed by atoms with Gasteiger partial charge in [0, 0.05) is 6.42 Å². The van der Waals surface area contributed by atoms with Crippen molar-refractivity contribution in [3.63, 3.8) is 0 Å². The minimum Gasteiger partial charge on any atom is -0.481 e. The highest BCUT2D eigenvalue weighted by Crippen LogP contribution is 2.19. The van der Waals surface area contributed by atoms with Crippen molar-refractivity contribution in [2.45, 2.75) is 98.8 Å². The van der Waals surface area contributed by atoms with E-state index in [4.69, 9.17) is 5.11 Å². The Morgan fingerprint density at radius 2 is 1.38 bits per heavy atom. The van der Waals surface area contributed by atoms with Gasteiger partial charge in [0.05, 0.1) is 0 Å². The summed E-state index contributed by atoms with van der Waals surface area (Å²) in [6, 6.07) is 0. The van der Waals surface area contributed by atoms with E-state index in [9.17, 15) is 4.79 Å². The van der Waals surface area contributed by atoms with E-state index in [1.807, 2.05) is 0 Å². The summed E-state index contributed by atoms with van der Waals surface area (Å²) in [5.41, 5.74) is 2.95. The van der Waals surface area contributed by atoms with E-state index in [0.717, 1.165) is 32.1 Å². The highest BCUT2D eigenvalue weighted by atomic mass is 16.4. The average Bonchev–Trinajstić information content (AvgIpc) is 2.46. The second kappa shape index (κ2) is 14.3. The van der Waals surface area contributed by atoms with Crippen molar-refractivity contribution in [1.82, 2.24) is 0 Å². The standard InChI is InChI=1S/C22H40O2/c1-6-7-9-12-18(2)15-20(4)17-21(5)16-19(3)13-10-8-11-14-22(23)24/h15-16,18-19H,6-14,17H2,1-5H3,(H,23,24)/b20-15-,21-16+/t18-,19-/m0/s1. The fraction of sp³-hybridized carbons (Fsp3) is 0.773. The van der Waals surface area contributed by atoms with Gasteiger partial charge in [-0.25, -0.2) is 0 Å². The van der Waals surface area contributed by atoms with Crippen molar-refractivity contribution >= 4 is 5.97 Å². The zero-order valence-corrected chi connectivity index (χ0v) is 16.7. The number of aliphatic carboxylic acids is 1. The predicted octanol–water partition coefficient (Wildman–Crippen LogP) is 7.16.